The molecule has 15 heavy (non-hydrogen) atoms. The van der Waals surface area contributed by atoms with E-state index >= 15 is 0 Å². The van der Waals surface area contributed by atoms with Crippen LogP contribution >= 0.6 is 34.5 Å². The van der Waals surface area contributed by atoms with Gasteiger partial charge in [-0.15, -0.1) is 11.6 Å². The van der Waals surface area contributed by atoms with E-state index in [2.05, 4.69) is 16.9 Å². The monoisotopic (exact) mass is 264 g/mol. The van der Waals surface area contributed by atoms with Crippen LogP contribution in [0.3, 0.4) is 0 Å². The second-order valence-electron chi connectivity index (χ2n) is 3.89. The fourth-order valence-electron chi connectivity index (χ4n) is 2.00. The molecule has 0 spiro atoms. The number of nitrogens with zero attached hydrogens (tertiary/aromatic N) is 2. The molecular weight excluding hydrogens is 251 g/mol. The molecule has 0 saturated heterocycles. The summed E-state index contributed by atoms with van der Waals surface area (Å²) in [6, 6.07) is 0.635. The van der Waals surface area contributed by atoms with E-state index in [1.54, 1.807) is 11.3 Å². The molecule has 1 aliphatic rings. The van der Waals surface area contributed by atoms with Crippen LogP contribution in [0.25, 0.3) is 0 Å². The molecule has 0 aliphatic heterocycles. The van der Waals surface area contributed by atoms with E-state index < -0.39 is 0 Å². The highest BCUT2D eigenvalue weighted by Crippen LogP contribution is 2.34. The van der Waals surface area contributed by atoms with Crippen LogP contribution in [-0.4, -0.2) is 18.1 Å². The number of alkyl halides is 1. The van der Waals surface area contributed by atoms with Crippen molar-refractivity contribution in [2.24, 2.45) is 0 Å². The normalized spacial score (nSPS) is 17.3. The average Bonchev–Trinajstić information content (AvgIpc) is 2.85. The summed E-state index contributed by atoms with van der Waals surface area (Å²) >= 11 is 13.4. The van der Waals surface area contributed by atoms with E-state index in [4.69, 9.17) is 23.2 Å². The number of anilines is 1. The van der Waals surface area contributed by atoms with Crippen molar-refractivity contribution in [3.63, 3.8) is 0 Å². The highest BCUT2D eigenvalue weighted by molar-refractivity contribution is 7.16. The van der Waals surface area contributed by atoms with Crippen molar-refractivity contribution >= 4 is 39.7 Å². The first kappa shape index (κ1) is 11.5. The molecule has 0 amide bonds. The molecule has 1 aromatic heterocycles. The van der Waals surface area contributed by atoms with Crippen molar-refractivity contribution in [3.8, 4) is 0 Å². The molecule has 84 valence electrons. The highest BCUT2D eigenvalue weighted by Gasteiger charge is 2.22. The Morgan fingerprint density at radius 1 is 1.47 bits per heavy atom. The molecule has 1 fully saturated rings. The maximum atomic E-state index is 5.98. The third kappa shape index (κ3) is 2.40. The van der Waals surface area contributed by atoms with Crippen LogP contribution in [0.5, 0.6) is 0 Å². The lowest BCUT2D eigenvalue weighted by Gasteiger charge is -2.23. The lowest BCUT2D eigenvalue weighted by molar-refractivity contribution is 0.652. The largest absolute Gasteiger partial charge is 0.348 e. The molecule has 0 atom stereocenters. The Balaban J connectivity index is 2.13. The minimum absolute atomic E-state index is 0.453. The number of thiazole rings is 1. The Morgan fingerprint density at radius 2 is 2.13 bits per heavy atom. The Morgan fingerprint density at radius 3 is 2.67 bits per heavy atom. The van der Waals surface area contributed by atoms with Crippen molar-refractivity contribution in [1.29, 1.82) is 0 Å². The molecule has 0 unspecified atom stereocenters. The van der Waals surface area contributed by atoms with Gasteiger partial charge in [0.2, 0.25) is 0 Å². The molecule has 1 saturated carbocycles. The lowest BCUT2D eigenvalue weighted by atomic mass is 10.2. The minimum Gasteiger partial charge on any atom is -0.348 e. The first-order chi connectivity index (χ1) is 7.22. The Hall–Kier alpha value is 0.01000. The van der Waals surface area contributed by atoms with Crippen LogP contribution in [0.4, 0.5) is 5.13 Å². The fourth-order valence-corrected chi connectivity index (χ4v) is 3.51. The Kier molecular flexibility index (Phi) is 3.75. The molecule has 2 nitrogen and oxygen atoms in total. The topological polar surface area (TPSA) is 16.1 Å². The van der Waals surface area contributed by atoms with Crippen molar-refractivity contribution in [2.45, 2.75) is 37.6 Å². The quantitative estimate of drug-likeness (QED) is 0.770. The molecule has 0 radical (unpaired) electrons. The summed E-state index contributed by atoms with van der Waals surface area (Å²) < 4.78 is 0. The molecule has 2 rings (SSSR count). The summed E-state index contributed by atoms with van der Waals surface area (Å²) in [6.07, 6.45) is 5.20. The highest BCUT2D eigenvalue weighted by atomic mass is 35.5. The zero-order valence-corrected chi connectivity index (χ0v) is 11.0. The van der Waals surface area contributed by atoms with Gasteiger partial charge in [0.1, 0.15) is 5.15 Å². The average molecular weight is 265 g/mol. The van der Waals surface area contributed by atoms with Gasteiger partial charge in [-0.3, -0.25) is 0 Å². The zero-order chi connectivity index (χ0) is 10.8. The molecular formula is C10H14Cl2N2S. The zero-order valence-electron chi connectivity index (χ0n) is 8.67. The number of aromatic nitrogens is 1. The van der Waals surface area contributed by atoms with E-state index in [1.165, 1.54) is 25.7 Å². The van der Waals surface area contributed by atoms with Gasteiger partial charge in [-0.2, -0.15) is 0 Å². The second-order valence-corrected chi connectivity index (χ2v) is 5.58. The second kappa shape index (κ2) is 4.89. The van der Waals surface area contributed by atoms with Gasteiger partial charge in [0.05, 0.1) is 10.8 Å². The van der Waals surface area contributed by atoms with Gasteiger partial charge in [-0.25, -0.2) is 4.98 Å². The number of hydrogen-bond acceptors (Lipinski definition) is 3. The lowest BCUT2D eigenvalue weighted by Crippen LogP contribution is -2.28. The van der Waals surface area contributed by atoms with Crippen LogP contribution in [0.2, 0.25) is 5.15 Å². The first-order valence-corrected chi connectivity index (χ1v) is 6.89. The van der Waals surface area contributed by atoms with E-state index in [1.807, 2.05) is 0 Å². The van der Waals surface area contributed by atoms with Crippen molar-refractivity contribution in [2.75, 3.05) is 11.9 Å². The van der Waals surface area contributed by atoms with Gasteiger partial charge < -0.3 is 4.90 Å². The summed E-state index contributed by atoms with van der Waals surface area (Å²) in [7, 11) is 2.10. The molecule has 0 bridgehead atoms. The van der Waals surface area contributed by atoms with Crippen LogP contribution in [0.1, 0.15) is 30.6 Å². The van der Waals surface area contributed by atoms with Crippen LogP contribution in [-0.2, 0) is 5.88 Å². The minimum atomic E-state index is 0.453. The Labute approximate surface area is 104 Å². The van der Waals surface area contributed by atoms with Crippen LogP contribution in [0, 0.1) is 0 Å². The van der Waals surface area contributed by atoms with Gasteiger partial charge in [0, 0.05) is 13.1 Å². The van der Waals surface area contributed by atoms with Crippen molar-refractivity contribution in [1.82, 2.24) is 4.98 Å². The number of halogens is 2. The SMILES string of the molecule is CN(c1nc(Cl)c(CCl)s1)C1CCCC1. The molecule has 1 aliphatic carbocycles. The fraction of sp³-hybridized carbons (Fsp3) is 0.700. The van der Waals surface area contributed by atoms with E-state index in [0.717, 1.165) is 10.0 Å². The van der Waals surface area contributed by atoms with Crippen molar-refractivity contribution in [3.05, 3.63) is 10.0 Å². The van der Waals surface area contributed by atoms with Gasteiger partial charge in [-0.1, -0.05) is 35.8 Å². The number of hydrogen-bond donors (Lipinski definition) is 0. The summed E-state index contributed by atoms with van der Waals surface area (Å²) in [6.45, 7) is 0. The van der Waals surface area contributed by atoms with Gasteiger partial charge in [-0.05, 0) is 12.8 Å². The summed E-state index contributed by atoms with van der Waals surface area (Å²) in [5, 5.41) is 1.57. The molecule has 0 aromatic carbocycles. The van der Waals surface area contributed by atoms with Crippen LogP contribution in [0.15, 0.2) is 0 Å². The van der Waals surface area contributed by atoms with Gasteiger partial charge >= 0.3 is 0 Å². The Bertz CT molecular complexity index is 334. The molecule has 1 heterocycles. The van der Waals surface area contributed by atoms with E-state index in [0.29, 0.717) is 17.1 Å². The molecule has 5 heteroatoms. The summed E-state index contributed by atoms with van der Waals surface area (Å²) in [5.41, 5.74) is 0. The van der Waals surface area contributed by atoms with Crippen LogP contribution < -0.4 is 4.90 Å². The van der Waals surface area contributed by atoms with Crippen molar-refractivity contribution < 1.29 is 0 Å². The smallest absolute Gasteiger partial charge is 0.187 e. The third-order valence-electron chi connectivity index (χ3n) is 2.93. The van der Waals surface area contributed by atoms with E-state index in [-0.39, 0.29) is 0 Å². The van der Waals surface area contributed by atoms with Gasteiger partial charge in [0.25, 0.3) is 0 Å². The van der Waals surface area contributed by atoms with Gasteiger partial charge in [0.15, 0.2) is 5.13 Å². The standard InChI is InChI=1S/C10H14Cl2N2S/c1-14(7-4-2-3-5-7)10-13-9(12)8(6-11)15-10/h7H,2-6H2,1H3. The maximum Gasteiger partial charge on any atom is 0.187 e. The molecule has 0 N–H and O–H groups in total. The predicted molar refractivity (Wildman–Crippen MR) is 67.3 cm³/mol. The van der Waals surface area contributed by atoms with E-state index in [9.17, 15) is 0 Å². The predicted octanol–water partition coefficient (Wildman–Crippen LogP) is 3.91. The first-order valence-electron chi connectivity index (χ1n) is 5.16. The third-order valence-corrected chi connectivity index (χ3v) is 4.93. The summed E-state index contributed by atoms with van der Waals surface area (Å²) in [5.74, 6) is 0.453. The maximum absolute atomic E-state index is 5.98. The number of rotatable bonds is 3. The summed E-state index contributed by atoms with van der Waals surface area (Å²) in [4.78, 5) is 7.57. The molecule has 1 aromatic rings.